The standard InChI is InChI=1S/C39H64O4/c1-9-24(2)35(41)42-28-17-19-37(6)27(22-28)11-12-29-31-14-13-30(38(31,7)20-18-32(29)37)25(3)10-15-34(40)43-33-23-26-16-21-39(33,8)36(26,4)5/h24-33H,9-23H2,1-8H3/t24?,25?,26?,27?,28-,29?,30?,31?,32?,33?,37-,38+,39?/m0/s1. The Morgan fingerprint density at radius 1 is 0.767 bits per heavy atom. The molecule has 43 heavy (non-hydrogen) atoms. The van der Waals surface area contributed by atoms with E-state index in [1.165, 1.54) is 57.8 Å². The Morgan fingerprint density at radius 3 is 2.16 bits per heavy atom. The summed E-state index contributed by atoms with van der Waals surface area (Å²) < 4.78 is 12.3. The molecule has 4 nitrogen and oxygen atoms in total. The normalized spacial score (nSPS) is 47.6. The second kappa shape index (κ2) is 11.3. The van der Waals surface area contributed by atoms with Gasteiger partial charge >= 0.3 is 11.9 Å². The summed E-state index contributed by atoms with van der Waals surface area (Å²) in [6.07, 6.45) is 17.7. The summed E-state index contributed by atoms with van der Waals surface area (Å²) in [5.74, 6) is 5.31. The number of hydrogen-bond acceptors (Lipinski definition) is 4. The third-order valence-corrected chi connectivity index (χ3v) is 16.5. The molecule has 244 valence electrons. The van der Waals surface area contributed by atoms with Crippen LogP contribution in [-0.2, 0) is 19.1 Å². The molecule has 6 saturated carbocycles. The lowest BCUT2D eigenvalue weighted by Gasteiger charge is -2.61. The van der Waals surface area contributed by atoms with E-state index in [4.69, 9.17) is 9.47 Å². The number of ether oxygens (including phenoxy) is 2. The maximum Gasteiger partial charge on any atom is 0.308 e. The second-order valence-corrected chi connectivity index (χ2v) is 18.1. The Hall–Kier alpha value is -1.06. The zero-order valence-electron chi connectivity index (χ0n) is 29.0. The van der Waals surface area contributed by atoms with Crippen molar-refractivity contribution in [2.75, 3.05) is 0 Å². The summed E-state index contributed by atoms with van der Waals surface area (Å²) in [5.41, 5.74) is 1.25. The third kappa shape index (κ3) is 5.04. The van der Waals surface area contributed by atoms with Gasteiger partial charge in [0.15, 0.2) is 0 Å². The molecule has 6 fully saturated rings. The van der Waals surface area contributed by atoms with Crippen LogP contribution in [0.1, 0.15) is 152 Å². The molecular weight excluding hydrogens is 532 g/mol. The zero-order chi connectivity index (χ0) is 30.9. The molecule has 0 spiro atoms. The number of hydrogen-bond donors (Lipinski definition) is 0. The largest absolute Gasteiger partial charge is 0.462 e. The number of fused-ring (bicyclic) bond motifs is 7. The first-order valence-corrected chi connectivity index (χ1v) is 18.6. The highest BCUT2D eigenvalue weighted by molar-refractivity contribution is 5.72. The van der Waals surface area contributed by atoms with Crippen LogP contribution in [0.25, 0.3) is 0 Å². The van der Waals surface area contributed by atoms with Crippen molar-refractivity contribution < 1.29 is 19.1 Å². The number of rotatable bonds is 8. The highest BCUT2D eigenvalue weighted by Gasteiger charge is 2.63. The van der Waals surface area contributed by atoms with Crippen molar-refractivity contribution in [1.82, 2.24) is 0 Å². The average molecular weight is 597 g/mol. The number of carbonyl (C=O) groups is 2. The highest BCUT2D eigenvalue weighted by atomic mass is 16.5. The summed E-state index contributed by atoms with van der Waals surface area (Å²) in [5, 5.41) is 0. The summed E-state index contributed by atoms with van der Waals surface area (Å²) in [6, 6.07) is 0. The van der Waals surface area contributed by atoms with Crippen molar-refractivity contribution >= 4 is 11.9 Å². The molecule has 6 rings (SSSR count). The van der Waals surface area contributed by atoms with Crippen LogP contribution >= 0.6 is 0 Å². The lowest BCUT2D eigenvalue weighted by atomic mass is 9.44. The van der Waals surface area contributed by atoms with Crippen LogP contribution in [0.5, 0.6) is 0 Å². The van der Waals surface area contributed by atoms with Crippen LogP contribution in [0.2, 0.25) is 0 Å². The van der Waals surface area contributed by atoms with E-state index < -0.39 is 0 Å². The third-order valence-electron chi connectivity index (χ3n) is 16.5. The highest BCUT2D eigenvalue weighted by Crippen LogP contribution is 2.69. The molecule has 6 aliphatic carbocycles. The monoisotopic (exact) mass is 596 g/mol. The van der Waals surface area contributed by atoms with Gasteiger partial charge in [-0.15, -0.1) is 0 Å². The van der Waals surface area contributed by atoms with E-state index in [9.17, 15) is 9.59 Å². The Labute approximate surface area is 263 Å². The molecule has 0 N–H and O–H groups in total. The first-order chi connectivity index (χ1) is 20.2. The fourth-order valence-electron chi connectivity index (χ4n) is 12.8. The molecule has 0 radical (unpaired) electrons. The fraction of sp³-hybridized carbons (Fsp3) is 0.949. The molecule has 6 aliphatic rings. The summed E-state index contributed by atoms with van der Waals surface area (Å²) in [6.45, 7) is 18.9. The molecule has 0 aromatic rings. The van der Waals surface area contributed by atoms with Crippen LogP contribution < -0.4 is 0 Å². The molecule has 0 aromatic heterocycles. The molecule has 2 bridgehead atoms. The lowest BCUT2D eigenvalue weighted by molar-refractivity contribution is -0.166. The van der Waals surface area contributed by atoms with E-state index in [-0.39, 0.29) is 40.9 Å². The van der Waals surface area contributed by atoms with Crippen LogP contribution in [0, 0.1) is 69.0 Å². The van der Waals surface area contributed by atoms with Crippen molar-refractivity contribution in [2.24, 2.45) is 69.0 Å². The molecule has 0 amide bonds. The molecule has 0 aliphatic heterocycles. The lowest BCUT2D eigenvalue weighted by Crippen LogP contribution is -2.54. The maximum atomic E-state index is 13.1. The Morgan fingerprint density at radius 2 is 1.49 bits per heavy atom. The van der Waals surface area contributed by atoms with Gasteiger partial charge in [-0.3, -0.25) is 9.59 Å². The predicted molar refractivity (Wildman–Crippen MR) is 172 cm³/mol. The van der Waals surface area contributed by atoms with E-state index in [1.54, 1.807) is 0 Å². The number of esters is 2. The number of carbonyl (C=O) groups excluding carboxylic acids is 2. The second-order valence-electron chi connectivity index (χ2n) is 18.1. The molecule has 13 atom stereocenters. The van der Waals surface area contributed by atoms with E-state index in [0.29, 0.717) is 35.0 Å². The Bertz CT molecular complexity index is 1070. The first-order valence-electron chi connectivity index (χ1n) is 18.6. The maximum absolute atomic E-state index is 13.1. The van der Waals surface area contributed by atoms with Crippen LogP contribution in [0.3, 0.4) is 0 Å². The van der Waals surface area contributed by atoms with Gasteiger partial charge in [-0.1, -0.05) is 55.4 Å². The fourth-order valence-corrected chi connectivity index (χ4v) is 12.8. The van der Waals surface area contributed by atoms with E-state index in [0.717, 1.165) is 55.8 Å². The van der Waals surface area contributed by atoms with Gasteiger partial charge in [0.05, 0.1) is 5.92 Å². The zero-order valence-corrected chi connectivity index (χ0v) is 29.0. The van der Waals surface area contributed by atoms with Gasteiger partial charge in [-0.25, -0.2) is 0 Å². The quantitative estimate of drug-likeness (QED) is 0.262. The van der Waals surface area contributed by atoms with Gasteiger partial charge in [0, 0.05) is 11.8 Å². The van der Waals surface area contributed by atoms with Gasteiger partial charge in [-0.2, -0.15) is 0 Å². The average Bonchev–Trinajstić information content (AvgIpc) is 3.50. The van der Waals surface area contributed by atoms with Crippen molar-refractivity contribution in [3.05, 3.63) is 0 Å². The predicted octanol–water partition coefficient (Wildman–Crippen LogP) is 9.78. The van der Waals surface area contributed by atoms with Crippen molar-refractivity contribution in [2.45, 2.75) is 164 Å². The molecule has 0 aromatic carbocycles. The minimum Gasteiger partial charge on any atom is -0.462 e. The molecule has 4 heteroatoms. The van der Waals surface area contributed by atoms with Gasteiger partial charge in [-0.05, 0) is 148 Å². The van der Waals surface area contributed by atoms with E-state index >= 15 is 0 Å². The Kier molecular flexibility index (Phi) is 8.40. The molecule has 10 unspecified atom stereocenters. The SMILES string of the molecule is CCC(C)C(=O)O[C@H]1CC[C@@]2(C)C(CCC3C4CCC(C(C)CCC(=O)OC5CC6CCC5(C)C6(C)C)[C@@]4(C)CCC32)C1. The van der Waals surface area contributed by atoms with Gasteiger partial charge in [0.2, 0.25) is 0 Å². The Balaban J connectivity index is 1.04. The van der Waals surface area contributed by atoms with Crippen molar-refractivity contribution in [3.8, 4) is 0 Å². The smallest absolute Gasteiger partial charge is 0.308 e. The van der Waals surface area contributed by atoms with Gasteiger partial charge in [0.1, 0.15) is 12.2 Å². The molecule has 0 saturated heterocycles. The summed E-state index contributed by atoms with van der Waals surface area (Å²) >= 11 is 0. The van der Waals surface area contributed by atoms with Crippen molar-refractivity contribution in [3.63, 3.8) is 0 Å². The summed E-state index contributed by atoms with van der Waals surface area (Å²) in [4.78, 5) is 25.7. The van der Waals surface area contributed by atoms with Crippen molar-refractivity contribution in [1.29, 1.82) is 0 Å². The molecular formula is C39H64O4. The first kappa shape index (κ1) is 31.9. The van der Waals surface area contributed by atoms with Gasteiger partial charge < -0.3 is 9.47 Å². The van der Waals surface area contributed by atoms with Crippen LogP contribution in [0.4, 0.5) is 0 Å². The van der Waals surface area contributed by atoms with E-state index in [1.807, 2.05) is 6.92 Å². The van der Waals surface area contributed by atoms with Crippen LogP contribution in [-0.4, -0.2) is 24.1 Å². The van der Waals surface area contributed by atoms with Gasteiger partial charge in [0.25, 0.3) is 0 Å². The van der Waals surface area contributed by atoms with E-state index in [2.05, 4.69) is 48.5 Å². The minimum atomic E-state index is 0.0152. The van der Waals surface area contributed by atoms with Crippen LogP contribution in [0.15, 0.2) is 0 Å². The molecule has 0 heterocycles. The topological polar surface area (TPSA) is 52.6 Å². The summed E-state index contributed by atoms with van der Waals surface area (Å²) in [7, 11) is 0. The minimum absolute atomic E-state index is 0.0152.